The average molecular weight is 465 g/mol. The van der Waals surface area contributed by atoms with Crippen molar-refractivity contribution in [1.82, 2.24) is 0 Å². The van der Waals surface area contributed by atoms with Crippen LogP contribution in [0.4, 0.5) is 0 Å². The summed E-state index contributed by atoms with van der Waals surface area (Å²) in [5, 5.41) is 0. The Morgan fingerprint density at radius 1 is 0.545 bits per heavy atom. The Morgan fingerprint density at radius 3 is 1.45 bits per heavy atom. The van der Waals surface area contributed by atoms with Crippen LogP contribution in [0, 0.1) is 0 Å². The van der Waals surface area contributed by atoms with Gasteiger partial charge < -0.3 is 0 Å². The van der Waals surface area contributed by atoms with Crippen molar-refractivity contribution in [2.24, 2.45) is 0 Å². The second kappa shape index (κ2) is 20.0. The van der Waals surface area contributed by atoms with Crippen LogP contribution in [0.2, 0.25) is 0 Å². The van der Waals surface area contributed by atoms with Crippen molar-refractivity contribution in [3.63, 3.8) is 0 Å². The normalized spacial score (nSPS) is 13.5. The summed E-state index contributed by atoms with van der Waals surface area (Å²) in [7, 11) is -3.21. The maximum absolute atomic E-state index is 12.2. The lowest BCUT2D eigenvalue weighted by Crippen LogP contribution is -2.04. The molecule has 33 heavy (non-hydrogen) atoms. The molecule has 0 aromatic heterocycles. The number of hydrogen-bond acceptors (Lipinski definition) is 2. The predicted molar refractivity (Wildman–Crippen MR) is 145 cm³/mol. The highest BCUT2D eigenvalue weighted by Gasteiger charge is 2.10. The highest BCUT2D eigenvalue weighted by atomic mass is 32.2. The molecule has 0 saturated heterocycles. The monoisotopic (exact) mass is 464 g/mol. The lowest BCUT2D eigenvalue weighted by molar-refractivity contribution is 0.599. The fourth-order valence-corrected chi connectivity index (χ4v) is 4.08. The molecule has 0 saturated carbocycles. The Bertz CT molecular complexity index is 911. The van der Waals surface area contributed by atoms with Gasteiger partial charge in [0.15, 0.2) is 9.84 Å². The van der Waals surface area contributed by atoms with Gasteiger partial charge in [-0.05, 0) is 70.4 Å². The molecule has 0 spiro atoms. The van der Waals surface area contributed by atoms with Crippen LogP contribution in [-0.4, -0.2) is 14.2 Å². The number of hydrogen-bond donors (Lipinski definition) is 0. The van der Waals surface area contributed by atoms with Gasteiger partial charge >= 0.3 is 0 Å². The molecule has 0 heterocycles. The predicted octanol–water partition coefficient (Wildman–Crippen LogP) is 8.49. The van der Waals surface area contributed by atoms with Gasteiger partial charge in [-0.3, -0.25) is 0 Å². The number of unbranched alkanes of at least 4 members (excludes halogenated alkanes) is 4. The molecule has 178 valence electrons. The maximum Gasteiger partial charge on any atom is 0.181 e. The average Bonchev–Trinajstić information content (AvgIpc) is 2.83. The zero-order chi connectivity index (χ0) is 23.9. The van der Waals surface area contributed by atoms with Crippen molar-refractivity contribution in [1.29, 1.82) is 0 Å². The molecule has 0 fully saturated rings. The lowest BCUT2D eigenvalue weighted by atomic mass is 10.2. The summed E-state index contributed by atoms with van der Waals surface area (Å²) in [4.78, 5) is 0.382. The van der Waals surface area contributed by atoms with Crippen molar-refractivity contribution in [2.45, 2.75) is 63.2 Å². The first-order chi connectivity index (χ1) is 16.2. The molecule has 0 radical (unpaired) electrons. The van der Waals surface area contributed by atoms with E-state index < -0.39 is 9.84 Å². The van der Waals surface area contributed by atoms with E-state index in [1.54, 1.807) is 30.3 Å². The number of benzene rings is 1. The van der Waals surface area contributed by atoms with Gasteiger partial charge in [0.2, 0.25) is 0 Å². The van der Waals surface area contributed by atoms with E-state index in [4.69, 9.17) is 0 Å². The molecule has 0 amide bonds. The molecule has 0 unspecified atom stereocenters. The van der Waals surface area contributed by atoms with Gasteiger partial charge in [-0.2, -0.15) is 0 Å². The molecular weight excluding hydrogens is 424 g/mol. The van der Waals surface area contributed by atoms with E-state index in [2.05, 4.69) is 79.8 Å². The molecule has 0 N–H and O–H groups in total. The van der Waals surface area contributed by atoms with E-state index in [1.807, 2.05) is 12.1 Å². The molecule has 1 aromatic rings. The van der Waals surface area contributed by atoms with E-state index in [0.717, 1.165) is 51.4 Å². The van der Waals surface area contributed by atoms with Crippen LogP contribution in [0.5, 0.6) is 0 Å². The molecule has 0 aliphatic carbocycles. The zero-order valence-corrected chi connectivity index (χ0v) is 20.9. The fraction of sp³-hybridized carbons (Fsp3) is 0.333. The minimum Gasteiger partial charge on any atom is -0.223 e. The van der Waals surface area contributed by atoms with Gasteiger partial charge in [-0.15, -0.1) is 0 Å². The number of rotatable bonds is 17. The minimum absolute atomic E-state index is 0.0579. The Kier molecular flexibility index (Phi) is 17.2. The van der Waals surface area contributed by atoms with Crippen LogP contribution < -0.4 is 0 Å². The molecule has 0 bridgehead atoms. The summed E-state index contributed by atoms with van der Waals surface area (Å²) in [5.74, 6) is 0.0579. The molecule has 3 heteroatoms. The summed E-state index contributed by atoms with van der Waals surface area (Å²) in [5.41, 5.74) is 0. The van der Waals surface area contributed by atoms with Crippen molar-refractivity contribution in [2.75, 3.05) is 5.75 Å². The third kappa shape index (κ3) is 16.6. The van der Waals surface area contributed by atoms with Crippen LogP contribution in [-0.2, 0) is 9.84 Å². The van der Waals surface area contributed by atoms with E-state index >= 15 is 0 Å². The molecule has 0 atom stereocenters. The van der Waals surface area contributed by atoms with Crippen molar-refractivity contribution in [3.8, 4) is 0 Å². The second-order valence-corrected chi connectivity index (χ2v) is 9.66. The number of allylic oxidation sites excluding steroid dienone is 13. The van der Waals surface area contributed by atoms with Gasteiger partial charge in [0.1, 0.15) is 0 Å². The highest BCUT2D eigenvalue weighted by molar-refractivity contribution is 7.91. The van der Waals surface area contributed by atoms with Crippen LogP contribution >= 0.6 is 0 Å². The Labute approximate surface area is 202 Å². The summed E-state index contributed by atoms with van der Waals surface area (Å²) in [6.45, 7) is 2.06. The van der Waals surface area contributed by atoms with Crippen LogP contribution in [0.15, 0.2) is 120 Å². The van der Waals surface area contributed by atoms with Gasteiger partial charge in [0.05, 0.1) is 10.6 Å². The Hall–Kier alpha value is -2.65. The molecule has 2 nitrogen and oxygen atoms in total. The lowest BCUT2D eigenvalue weighted by Gasteiger charge is -2.00. The standard InChI is InChI=1S/C30H40O2S/c1-2-3-4-5-6-7-8-9-10-11-12-13-14-15-16-17-18-19-20-21-22-26-29-33(31,32)30-27-24-23-25-28-30/h2-3,6-7,10-15,18-19,22-28H,4-5,8-9,16-17,20-21,29H2,1H3. The first-order valence-electron chi connectivity index (χ1n) is 12.0. The number of sulfone groups is 1. The van der Waals surface area contributed by atoms with Crippen molar-refractivity contribution < 1.29 is 8.42 Å². The van der Waals surface area contributed by atoms with Gasteiger partial charge in [0.25, 0.3) is 0 Å². The molecule has 1 aromatic carbocycles. The third-order valence-corrected chi connectivity index (χ3v) is 6.38. The first-order valence-corrected chi connectivity index (χ1v) is 13.6. The van der Waals surface area contributed by atoms with Crippen molar-refractivity contribution >= 4 is 9.84 Å². The molecular formula is C30H40O2S. The SMILES string of the molecule is CC=CCCC=CCCC=CC=CC=CCCC=CCCC=CCS(=O)(=O)c1ccccc1. The first kappa shape index (κ1) is 28.4. The van der Waals surface area contributed by atoms with Crippen LogP contribution in [0.25, 0.3) is 0 Å². The van der Waals surface area contributed by atoms with Crippen LogP contribution in [0.1, 0.15) is 58.3 Å². The zero-order valence-electron chi connectivity index (χ0n) is 20.1. The third-order valence-electron chi connectivity index (χ3n) is 4.76. The van der Waals surface area contributed by atoms with Gasteiger partial charge in [-0.25, -0.2) is 8.42 Å². The van der Waals surface area contributed by atoms with Crippen molar-refractivity contribution in [3.05, 3.63) is 115 Å². The Balaban J connectivity index is 2.03. The quantitative estimate of drug-likeness (QED) is 0.132. The minimum atomic E-state index is -3.21. The summed E-state index contributed by atoms with van der Waals surface area (Å²) >= 11 is 0. The van der Waals surface area contributed by atoms with Crippen LogP contribution in [0.3, 0.4) is 0 Å². The molecule has 1 rings (SSSR count). The summed E-state index contributed by atoms with van der Waals surface area (Å²) in [6.07, 6.45) is 37.9. The van der Waals surface area contributed by atoms with E-state index in [9.17, 15) is 8.42 Å². The largest absolute Gasteiger partial charge is 0.223 e. The highest BCUT2D eigenvalue weighted by Crippen LogP contribution is 2.10. The second-order valence-electron chi connectivity index (χ2n) is 7.63. The van der Waals surface area contributed by atoms with Gasteiger partial charge in [-0.1, -0.05) is 103 Å². The fourth-order valence-electron chi connectivity index (χ4n) is 2.92. The molecule has 0 aliphatic heterocycles. The summed E-state index contributed by atoms with van der Waals surface area (Å²) < 4.78 is 24.3. The van der Waals surface area contributed by atoms with E-state index in [-0.39, 0.29) is 5.75 Å². The summed E-state index contributed by atoms with van der Waals surface area (Å²) in [6, 6.07) is 8.60. The Morgan fingerprint density at radius 2 is 0.970 bits per heavy atom. The van der Waals surface area contributed by atoms with E-state index in [0.29, 0.717) is 4.90 Å². The maximum atomic E-state index is 12.2. The smallest absolute Gasteiger partial charge is 0.181 e. The van der Waals surface area contributed by atoms with E-state index in [1.165, 1.54) is 0 Å². The topological polar surface area (TPSA) is 34.1 Å². The van der Waals surface area contributed by atoms with Gasteiger partial charge in [0, 0.05) is 0 Å². The molecule has 0 aliphatic rings.